The highest BCUT2D eigenvalue weighted by molar-refractivity contribution is 5.93. The minimum absolute atomic E-state index is 0.0206. The molecule has 0 saturated carbocycles. The molecule has 2 rings (SSSR count). The molecule has 22 heavy (non-hydrogen) atoms. The molecule has 0 aromatic heterocycles. The van der Waals surface area contributed by atoms with Gasteiger partial charge in [0.25, 0.3) is 0 Å². The number of benzene rings is 1. The third-order valence-electron chi connectivity index (χ3n) is 3.91. The summed E-state index contributed by atoms with van der Waals surface area (Å²) in [7, 11) is 3.43. The van der Waals surface area contributed by atoms with Crippen molar-refractivity contribution in [3.63, 3.8) is 0 Å². The molecule has 1 unspecified atom stereocenters. The van der Waals surface area contributed by atoms with Crippen LogP contribution >= 0.6 is 0 Å². The second-order valence-electron chi connectivity index (χ2n) is 5.87. The molecule has 1 aromatic rings. The third kappa shape index (κ3) is 3.82. The Labute approximate surface area is 130 Å². The number of anilines is 1. The predicted molar refractivity (Wildman–Crippen MR) is 83.1 cm³/mol. The van der Waals surface area contributed by atoms with Crippen LogP contribution in [0.5, 0.6) is 0 Å². The summed E-state index contributed by atoms with van der Waals surface area (Å²) >= 11 is 0. The number of carbonyl (C=O) groups is 2. The molecule has 1 fully saturated rings. The summed E-state index contributed by atoms with van der Waals surface area (Å²) in [4.78, 5) is 27.7. The first-order valence-corrected chi connectivity index (χ1v) is 7.39. The zero-order valence-corrected chi connectivity index (χ0v) is 13.2. The number of amides is 2. The van der Waals surface area contributed by atoms with Gasteiger partial charge < -0.3 is 10.2 Å². The van der Waals surface area contributed by atoms with Gasteiger partial charge in [-0.2, -0.15) is 0 Å². The number of likely N-dealkylation sites (tertiary alicyclic amines) is 1. The van der Waals surface area contributed by atoms with Gasteiger partial charge in [-0.1, -0.05) is 6.07 Å². The second-order valence-corrected chi connectivity index (χ2v) is 5.87. The van der Waals surface area contributed by atoms with Gasteiger partial charge in [0.1, 0.15) is 5.82 Å². The van der Waals surface area contributed by atoms with E-state index >= 15 is 0 Å². The van der Waals surface area contributed by atoms with Gasteiger partial charge in [-0.25, -0.2) is 4.39 Å². The van der Waals surface area contributed by atoms with Crippen LogP contribution in [0.25, 0.3) is 0 Å². The van der Waals surface area contributed by atoms with Crippen LogP contribution in [-0.4, -0.2) is 54.8 Å². The van der Waals surface area contributed by atoms with E-state index in [9.17, 15) is 14.0 Å². The van der Waals surface area contributed by atoms with Crippen molar-refractivity contribution in [1.82, 2.24) is 9.80 Å². The van der Waals surface area contributed by atoms with Crippen molar-refractivity contribution >= 4 is 17.5 Å². The minimum Gasteiger partial charge on any atom is -0.347 e. The lowest BCUT2D eigenvalue weighted by atomic mass is 10.2. The number of hydrogen-bond acceptors (Lipinski definition) is 3. The molecule has 1 atom stereocenters. The van der Waals surface area contributed by atoms with Crippen molar-refractivity contribution in [2.75, 3.05) is 32.5 Å². The van der Waals surface area contributed by atoms with E-state index < -0.39 is 0 Å². The number of carbonyl (C=O) groups excluding carboxylic acids is 2. The molecule has 2 amide bonds. The maximum atomic E-state index is 13.2. The molecule has 0 spiro atoms. The molecule has 0 bridgehead atoms. The van der Waals surface area contributed by atoms with Gasteiger partial charge in [-0.3, -0.25) is 14.5 Å². The smallest absolute Gasteiger partial charge is 0.239 e. The van der Waals surface area contributed by atoms with Crippen LogP contribution in [0.2, 0.25) is 0 Å². The Morgan fingerprint density at radius 2 is 2.14 bits per heavy atom. The van der Waals surface area contributed by atoms with E-state index in [1.54, 1.807) is 25.1 Å². The Hall–Kier alpha value is -1.95. The van der Waals surface area contributed by atoms with Gasteiger partial charge in [0.2, 0.25) is 11.8 Å². The maximum Gasteiger partial charge on any atom is 0.239 e. The lowest BCUT2D eigenvalue weighted by molar-refractivity contribution is -0.133. The van der Waals surface area contributed by atoms with Crippen LogP contribution in [0.1, 0.15) is 18.4 Å². The van der Waals surface area contributed by atoms with Gasteiger partial charge in [0, 0.05) is 19.8 Å². The van der Waals surface area contributed by atoms with Crippen LogP contribution in [0.15, 0.2) is 18.2 Å². The van der Waals surface area contributed by atoms with Gasteiger partial charge in [0.05, 0.1) is 12.6 Å². The summed E-state index contributed by atoms with van der Waals surface area (Å²) in [6.07, 6.45) is 1.67. The largest absolute Gasteiger partial charge is 0.347 e. The molecule has 5 nitrogen and oxygen atoms in total. The average Bonchev–Trinajstić information content (AvgIpc) is 2.89. The van der Waals surface area contributed by atoms with Crippen molar-refractivity contribution in [2.24, 2.45) is 0 Å². The molecule has 6 heteroatoms. The predicted octanol–water partition coefficient (Wildman–Crippen LogP) is 1.63. The van der Waals surface area contributed by atoms with Gasteiger partial charge >= 0.3 is 0 Å². The van der Waals surface area contributed by atoms with E-state index in [1.807, 2.05) is 11.8 Å². The molecule has 1 saturated heterocycles. The highest BCUT2D eigenvalue weighted by Crippen LogP contribution is 2.20. The van der Waals surface area contributed by atoms with E-state index in [4.69, 9.17) is 0 Å². The summed E-state index contributed by atoms with van der Waals surface area (Å²) in [5, 5.41) is 2.72. The number of nitrogens with zero attached hydrogens (tertiary/aromatic N) is 2. The first-order valence-electron chi connectivity index (χ1n) is 7.39. The van der Waals surface area contributed by atoms with Crippen molar-refractivity contribution in [2.45, 2.75) is 25.8 Å². The molecular weight excluding hydrogens is 285 g/mol. The van der Waals surface area contributed by atoms with E-state index in [-0.39, 0.29) is 30.2 Å². The van der Waals surface area contributed by atoms with Gasteiger partial charge in [0.15, 0.2) is 0 Å². The molecule has 1 aliphatic rings. The maximum absolute atomic E-state index is 13.2. The summed E-state index contributed by atoms with van der Waals surface area (Å²) < 4.78 is 13.2. The fourth-order valence-electron chi connectivity index (χ4n) is 2.70. The summed E-state index contributed by atoms with van der Waals surface area (Å²) in [6, 6.07) is 4.05. The van der Waals surface area contributed by atoms with E-state index in [1.165, 1.54) is 12.1 Å². The molecule has 1 aliphatic heterocycles. The molecular formula is C16H22FN3O2. The molecule has 1 heterocycles. The van der Waals surface area contributed by atoms with Crippen LogP contribution in [0.3, 0.4) is 0 Å². The zero-order valence-electron chi connectivity index (χ0n) is 13.2. The summed E-state index contributed by atoms with van der Waals surface area (Å²) in [5.74, 6) is -0.595. The lowest BCUT2D eigenvalue weighted by Crippen LogP contribution is -2.45. The highest BCUT2D eigenvalue weighted by atomic mass is 19.1. The van der Waals surface area contributed by atoms with Crippen LogP contribution in [-0.2, 0) is 9.59 Å². The molecule has 120 valence electrons. The van der Waals surface area contributed by atoms with Crippen molar-refractivity contribution in [3.8, 4) is 0 Å². The zero-order chi connectivity index (χ0) is 16.3. The van der Waals surface area contributed by atoms with E-state index in [2.05, 4.69) is 5.32 Å². The van der Waals surface area contributed by atoms with Gasteiger partial charge in [-0.15, -0.1) is 0 Å². The Bertz CT molecular complexity index is 575. The topological polar surface area (TPSA) is 52.7 Å². The fourth-order valence-corrected chi connectivity index (χ4v) is 2.70. The Balaban J connectivity index is 1.99. The Morgan fingerprint density at radius 3 is 2.82 bits per heavy atom. The first-order chi connectivity index (χ1) is 10.4. The summed E-state index contributed by atoms with van der Waals surface area (Å²) in [5.41, 5.74) is 1.27. The minimum atomic E-state index is -0.386. The summed E-state index contributed by atoms with van der Waals surface area (Å²) in [6.45, 7) is 2.67. The fraction of sp³-hybridized carbons (Fsp3) is 0.500. The number of hydrogen-bond donors (Lipinski definition) is 1. The van der Waals surface area contributed by atoms with Crippen LogP contribution < -0.4 is 5.32 Å². The Kier molecular flexibility index (Phi) is 5.13. The quantitative estimate of drug-likeness (QED) is 0.920. The monoisotopic (exact) mass is 307 g/mol. The number of nitrogens with one attached hydrogen (secondary N) is 1. The number of likely N-dealkylation sites (N-methyl/N-ethyl adjacent to an activating group) is 1. The molecule has 1 aromatic carbocycles. The molecule has 1 N–H and O–H groups in total. The van der Waals surface area contributed by atoms with E-state index in [0.717, 1.165) is 24.9 Å². The number of aryl methyl sites for hydroxylation is 1. The van der Waals surface area contributed by atoms with E-state index in [0.29, 0.717) is 5.69 Å². The van der Waals surface area contributed by atoms with Crippen molar-refractivity contribution in [1.29, 1.82) is 0 Å². The second kappa shape index (κ2) is 6.87. The third-order valence-corrected chi connectivity index (χ3v) is 3.91. The number of rotatable bonds is 4. The van der Waals surface area contributed by atoms with Crippen molar-refractivity contribution in [3.05, 3.63) is 29.6 Å². The first kappa shape index (κ1) is 16.4. The highest BCUT2D eigenvalue weighted by Gasteiger charge is 2.32. The Morgan fingerprint density at radius 1 is 1.41 bits per heavy atom. The molecule has 0 radical (unpaired) electrons. The van der Waals surface area contributed by atoms with Gasteiger partial charge in [-0.05, 0) is 44.0 Å². The molecule has 0 aliphatic carbocycles. The van der Waals surface area contributed by atoms with Crippen molar-refractivity contribution < 1.29 is 14.0 Å². The number of halogens is 1. The van der Waals surface area contributed by atoms with Crippen LogP contribution in [0, 0.1) is 12.7 Å². The lowest BCUT2D eigenvalue weighted by Gasteiger charge is -2.25. The van der Waals surface area contributed by atoms with Crippen LogP contribution in [0.4, 0.5) is 10.1 Å². The standard InChI is InChI=1S/C16H22FN3O2/c1-11-6-7-12(17)9-13(11)18-15(21)10-20-8-4-5-14(20)16(22)19(2)3/h6-7,9,14H,4-5,8,10H2,1-3H3,(H,18,21). The SMILES string of the molecule is Cc1ccc(F)cc1NC(=O)CN1CCCC1C(=O)N(C)C. The average molecular weight is 307 g/mol. The normalized spacial score (nSPS) is 18.3.